The molecule has 0 radical (unpaired) electrons. The lowest BCUT2D eigenvalue weighted by Crippen LogP contribution is -2.49. The van der Waals surface area contributed by atoms with Crippen molar-refractivity contribution < 1.29 is 13.2 Å². The van der Waals surface area contributed by atoms with Crippen LogP contribution in [0.25, 0.3) is 0 Å². The summed E-state index contributed by atoms with van der Waals surface area (Å²) in [6.07, 6.45) is 5.39. The van der Waals surface area contributed by atoms with Gasteiger partial charge in [0.2, 0.25) is 5.91 Å². The standard InChI is InChI=1S/C16H20N4O3S2/c1-25(22,23)13-5-3-12(4-6-13)16(7-2-8-16)15(21)17-9-10-24-14-11-18-20-19-14/h3-6,11H,2,7-10H2,1H3,(H,17,21)(H,18,19,20). The van der Waals surface area contributed by atoms with Gasteiger partial charge in [0.05, 0.1) is 16.5 Å². The number of hydrogen-bond donors (Lipinski definition) is 2. The molecule has 0 atom stereocenters. The highest BCUT2D eigenvalue weighted by Crippen LogP contribution is 2.44. The van der Waals surface area contributed by atoms with Gasteiger partial charge >= 0.3 is 0 Å². The Morgan fingerprint density at radius 3 is 2.56 bits per heavy atom. The SMILES string of the molecule is CS(=O)(=O)c1ccc(C2(C(=O)NCCSc3cn[nH]n3)CCC2)cc1. The predicted molar refractivity (Wildman–Crippen MR) is 95.2 cm³/mol. The van der Waals surface area contributed by atoms with Gasteiger partial charge < -0.3 is 5.32 Å². The monoisotopic (exact) mass is 380 g/mol. The number of thioether (sulfide) groups is 1. The van der Waals surface area contributed by atoms with Gasteiger partial charge in [-0.05, 0) is 30.5 Å². The normalized spacial score (nSPS) is 16.2. The van der Waals surface area contributed by atoms with E-state index in [0.29, 0.717) is 12.3 Å². The Balaban J connectivity index is 1.62. The molecular weight excluding hydrogens is 360 g/mol. The number of nitrogens with zero attached hydrogens (tertiary/aromatic N) is 2. The van der Waals surface area contributed by atoms with Crippen LogP contribution in [0.4, 0.5) is 0 Å². The van der Waals surface area contributed by atoms with E-state index in [0.717, 1.165) is 29.9 Å². The molecule has 25 heavy (non-hydrogen) atoms. The molecule has 2 N–H and O–H groups in total. The molecule has 1 saturated carbocycles. The summed E-state index contributed by atoms with van der Waals surface area (Å²) in [5.41, 5.74) is 0.349. The zero-order valence-electron chi connectivity index (χ0n) is 13.9. The molecule has 134 valence electrons. The summed E-state index contributed by atoms with van der Waals surface area (Å²) in [6, 6.07) is 6.69. The molecule has 9 heteroatoms. The first-order chi connectivity index (χ1) is 11.9. The molecule has 1 amide bonds. The van der Waals surface area contributed by atoms with E-state index < -0.39 is 15.3 Å². The van der Waals surface area contributed by atoms with Gasteiger partial charge in [0.1, 0.15) is 5.03 Å². The van der Waals surface area contributed by atoms with E-state index in [1.165, 1.54) is 18.0 Å². The van der Waals surface area contributed by atoms with Crippen LogP contribution in [-0.2, 0) is 20.0 Å². The molecule has 1 aromatic heterocycles. The van der Waals surface area contributed by atoms with Crippen LogP contribution in [0.1, 0.15) is 24.8 Å². The van der Waals surface area contributed by atoms with Crippen molar-refractivity contribution in [2.45, 2.75) is 34.6 Å². The maximum atomic E-state index is 12.7. The van der Waals surface area contributed by atoms with Gasteiger partial charge in [0.15, 0.2) is 9.84 Å². The predicted octanol–water partition coefficient (Wildman–Crippen LogP) is 1.54. The molecule has 1 aromatic carbocycles. The Kier molecular flexibility index (Phi) is 5.14. The van der Waals surface area contributed by atoms with Gasteiger partial charge in [-0.15, -0.1) is 16.9 Å². The molecule has 0 aliphatic heterocycles. The van der Waals surface area contributed by atoms with Crippen molar-refractivity contribution in [1.29, 1.82) is 0 Å². The van der Waals surface area contributed by atoms with E-state index in [1.807, 2.05) is 0 Å². The smallest absolute Gasteiger partial charge is 0.230 e. The second kappa shape index (κ2) is 7.17. The van der Waals surface area contributed by atoms with Crippen molar-refractivity contribution >= 4 is 27.5 Å². The van der Waals surface area contributed by atoms with Crippen LogP contribution >= 0.6 is 11.8 Å². The van der Waals surface area contributed by atoms with Crippen molar-refractivity contribution in [1.82, 2.24) is 20.7 Å². The third kappa shape index (κ3) is 3.87. The molecule has 0 bridgehead atoms. The van der Waals surface area contributed by atoms with E-state index in [9.17, 15) is 13.2 Å². The van der Waals surface area contributed by atoms with Crippen LogP contribution in [0.15, 0.2) is 40.4 Å². The molecule has 2 aromatic rings. The first-order valence-corrected chi connectivity index (χ1v) is 10.9. The number of benzene rings is 1. The number of carbonyl (C=O) groups is 1. The van der Waals surface area contributed by atoms with Gasteiger partial charge in [-0.25, -0.2) is 8.42 Å². The summed E-state index contributed by atoms with van der Waals surface area (Å²) in [5.74, 6) is 0.716. The summed E-state index contributed by atoms with van der Waals surface area (Å²) < 4.78 is 23.2. The lowest BCUT2D eigenvalue weighted by atomic mass is 9.64. The number of H-pyrrole nitrogens is 1. The minimum absolute atomic E-state index is 0.00612. The minimum Gasteiger partial charge on any atom is -0.354 e. The van der Waals surface area contributed by atoms with E-state index in [1.54, 1.807) is 30.5 Å². The third-order valence-corrected chi connectivity index (χ3v) is 6.54. The third-order valence-electron chi connectivity index (χ3n) is 4.51. The average Bonchev–Trinajstić information content (AvgIpc) is 3.03. The molecule has 3 rings (SSSR count). The Bertz CT molecular complexity index is 829. The Morgan fingerprint density at radius 2 is 2.04 bits per heavy atom. The molecule has 0 saturated heterocycles. The van der Waals surface area contributed by atoms with Gasteiger partial charge in [0, 0.05) is 18.6 Å². The number of aromatic nitrogens is 3. The fraction of sp³-hybridized carbons (Fsp3) is 0.438. The molecule has 1 aliphatic carbocycles. The summed E-state index contributed by atoms with van der Waals surface area (Å²) in [4.78, 5) is 13.0. The number of nitrogens with one attached hydrogen (secondary N) is 2. The second-order valence-electron chi connectivity index (χ2n) is 6.14. The van der Waals surface area contributed by atoms with Gasteiger partial charge in [-0.3, -0.25) is 4.79 Å². The number of carbonyl (C=O) groups excluding carboxylic acids is 1. The molecule has 1 fully saturated rings. The Labute approximate surface area is 150 Å². The quantitative estimate of drug-likeness (QED) is 0.558. The van der Waals surface area contributed by atoms with Crippen molar-refractivity contribution in [2.24, 2.45) is 0 Å². The van der Waals surface area contributed by atoms with E-state index in [-0.39, 0.29) is 10.8 Å². The maximum Gasteiger partial charge on any atom is 0.230 e. The van der Waals surface area contributed by atoms with Crippen LogP contribution in [0.2, 0.25) is 0 Å². The molecular formula is C16H20N4O3S2. The first-order valence-electron chi connectivity index (χ1n) is 7.99. The Morgan fingerprint density at radius 1 is 1.32 bits per heavy atom. The van der Waals surface area contributed by atoms with Crippen molar-refractivity contribution in [3.8, 4) is 0 Å². The number of hydrogen-bond acceptors (Lipinski definition) is 6. The summed E-state index contributed by atoms with van der Waals surface area (Å²) in [7, 11) is -3.23. The van der Waals surface area contributed by atoms with Crippen LogP contribution in [0, 0.1) is 0 Å². The Hall–Kier alpha value is -1.87. The van der Waals surface area contributed by atoms with E-state index in [2.05, 4.69) is 20.7 Å². The van der Waals surface area contributed by atoms with Crippen molar-refractivity contribution in [2.75, 3.05) is 18.6 Å². The second-order valence-corrected chi connectivity index (χ2v) is 9.28. The fourth-order valence-electron chi connectivity index (χ4n) is 2.95. The van der Waals surface area contributed by atoms with Crippen LogP contribution in [0.3, 0.4) is 0 Å². The van der Waals surface area contributed by atoms with E-state index in [4.69, 9.17) is 0 Å². The number of sulfone groups is 1. The molecule has 1 aliphatic rings. The molecule has 1 heterocycles. The fourth-order valence-corrected chi connectivity index (χ4v) is 4.22. The molecule has 0 spiro atoms. The van der Waals surface area contributed by atoms with E-state index >= 15 is 0 Å². The highest BCUT2D eigenvalue weighted by molar-refractivity contribution is 7.99. The summed E-state index contributed by atoms with van der Waals surface area (Å²) in [6.45, 7) is 0.541. The van der Waals surface area contributed by atoms with Crippen LogP contribution in [0.5, 0.6) is 0 Å². The lowest BCUT2D eigenvalue weighted by Gasteiger charge is -2.40. The molecule has 7 nitrogen and oxygen atoms in total. The largest absolute Gasteiger partial charge is 0.354 e. The number of amides is 1. The zero-order chi connectivity index (χ0) is 17.9. The maximum absolute atomic E-state index is 12.7. The van der Waals surface area contributed by atoms with Crippen LogP contribution in [-0.4, -0.2) is 48.3 Å². The van der Waals surface area contributed by atoms with Gasteiger partial charge in [-0.2, -0.15) is 10.3 Å². The van der Waals surface area contributed by atoms with Crippen LogP contribution < -0.4 is 5.32 Å². The first kappa shape index (κ1) is 17.9. The zero-order valence-corrected chi connectivity index (χ0v) is 15.5. The highest BCUT2D eigenvalue weighted by atomic mass is 32.2. The topological polar surface area (TPSA) is 105 Å². The van der Waals surface area contributed by atoms with Crippen molar-refractivity contribution in [3.05, 3.63) is 36.0 Å². The van der Waals surface area contributed by atoms with Crippen molar-refractivity contribution in [3.63, 3.8) is 0 Å². The number of aromatic amines is 1. The lowest BCUT2D eigenvalue weighted by molar-refractivity contribution is -0.129. The summed E-state index contributed by atoms with van der Waals surface area (Å²) >= 11 is 1.52. The average molecular weight is 380 g/mol. The van der Waals surface area contributed by atoms with Gasteiger partial charge in [0.25, 0.3) is 0 Å². The minimum atomic E-state index is -3.23. The summed E-state index contributed by atoms with van der Waals surface area (Å²) in [5, 5.41) is 14.0. The van der Waals surface area contributed by atoms with Gasteiger partial charge in [-0.1, -0.05) is 18.6 Å². The number of rotatable bonds is 7. The highest BCUT2D eigenvalue weighted by Gasteiger charge is 2.45. The molecule has 0 unspecified atom stereocenters.